The van der Waals surface area contributed by atoms with Gasteiger partial charge in [0.25, 0.3) is 11.7 Å². The molecule has 198 valence electrons. The molecule has 0 saturated carbocycles. The molecule has 0 spiro atoms. The van der Waals surface area contributed by atoms with E-state index in [1.807, 2.05) is 6.92 Å². The van der Waals surface area contributed by atoms with Crippen LogP contribution >= 0.6 is 0 Å². The molecule has 2 aromatic carbocycles. The number of ketones is 1. The van der Waals surface area contributed by atoms with Crippen molar-refractivity contribution in [1.82, 2.24) is 9.80 Å². The summed E-state index contributed by atoms with van der Waals surface area (Å²) >= 11 is 0. The molecule has 0 aromatic heterocycles. The van der Waals surface area contributed by atoms with E-state index >= 15 is 0 Å². The fourth-order valence-electron chi connectivity index (χ4n) is 4.77. The number of rotatable bonds is 9. The number of Topliss-reactive ketones (excluding diaryl/α,β-unsaturated/α-hetero) is 1. The Hall–Kier alpha value is -3.36. The van der Waals surface area contributed by atoms with Gasteiger partial charge < -0.3 is 24.6 Å². The number of carbonyl (C=O) groups is 2. The van der Waals surface area contributed by atoms with Crippen molar-refractivity contribution < 1.29 is 29.3 Å². The first-order valence-corrected chi connectivity index (χ1v) is 12.9. The molecule has 1 unspecified atom stereocenters. The number of likely N-dealkylation sites (tertiary alicyclic amines) is 1. The second kappa shape index (κ2) is 11.8. The monoisotopic (exact) mass is 508 g/mol. The van der Waals surface area contributed by atoms with Crippen molar-refractivity contribution in [2.75, 3.05) is 46.0 Å². The average molecular weight is 509 g/mol. The molecule has 2 aliphatic rings. The average Bonchev–Trinajstić information content (AvgIpc) is 3.13. The predicted molar refractivity (Wildman–Crippen MR) is 141 cm³/mol. The van der Waals surface area contributed by atoms with Crippen LogP contribution in [0.3, 0.4) is 0 Å². The third-order valence-electron chi connectivity index (χ3n) is 6.75. The zero-order valence-electron chi connectivity index (χ0n) is 21.8. The van der Waals surface area contributed by atoms with Gasteiger partial charge >= 0.3 is 0 Å². The zero-order valence-corrected chi connectivity index (χ0v) is 21.8. The van der Waals surface area contributed by atoms with Gasteiger partial charge in [-0.1, -0.05) is 26.0 Å². The van der Waals surface area contributed by atoms with E-state index < -0.39 is 17.7 Å². The summed E-state index contributed by atoms with van der Waals surface area (Å²) in [6.45, 7) is 10.8. The largest absolute Gasteiger partial charge is 0.508 e. The van der Waals surface area contributed by atoms with Crippen molar-refractivity contribution in [3.8, 4) is 11.5 Å². The van der Waals surface area contributed by atoms with Crippen LogP contribution in [0.15, 0.2) is 48.0 Å². The summed E-state index contributed by atoms with van der Waals surface area (Å²) in [4.78, 5) is 30.3. The highest BCUT2D eigenvalue weighted by Crippen LogP contribution is 2.40. The summed E-state index contributed by atoms with van der Waals surface area (Å²) in [5.41, 5.74) is 1.98. The molecule has 1 amide bonds. The smallest absolute Gasteiger partial charge is 0.295 e. The molecule has 8 nitrogen and oxygen atoms in total. The van der Waals surface area contributed by atoms with Gasteiger partial charge in [0.1, 0.15) is 17.3 Å². The maximum Gasteiger partial charge on any atom is 0.295 e. The summed E-state index contributed by atoms with van der Waals surface area (Å²) in [5.74, 6) is -0.387. The number of aliphatic hydroxyl groups is 1. The molecule has 0 aliphatic carbocycles. The number of amides is 1. The van der Waals surface area contributed by atoms with Gasteiger partial charge in [-0.2, -0.15) is 0 Å². The lowest BCUT2D eigenvalue weighted by atomic mass is 9.94. The van der Waals surface area contributed by atoms with Gasteiger partial charge in [0.05, 0.1) is 31.4 Å². The summed E-state index contributed by atoms with van der Waals surface area (Å²) in [7, 11) is 0. The van der Waals surface area contributed by atoms with Gasteiger partial charge in [-0.25, -0.2) is 0 Å². The quantitative estimate of drug-likeness (QED) is 0.301. The maximum atomic E-state index is 13.3. The Morgan fingerprint density at radius 1 is 1.08 bits per heavy atom. The van der Waals surface area contributed by atoms with Crippen molar-refractivity contribution in [2.24, 2.45) is 5.92 Å². The number of phenols is 1. The molecule has 1 atom stereocenters. The lowest BCUT2D eigenvalue weighted by molar-refractivity contribution is -0.140. The Kier molecular flexibility index (Phi) is 8.51. The highest BCUT2D eigenvalue weighted by atomic mass is 16.5. The standard InChI is InChI=1S/C29H36N2O6/c1-19(2)18-37-24-10-7-22(17-20(24)3)27(33)25-26(21-5-8-23(32)9-6-21)31(29(35)28(25)34)12-4-11-30-13-15-36-16-14-30/h5-10,17,19,26,32-33H,4,11-16,18H2,1-3H3. The number of nitrogens with zero attached hydrogens (tertiary/aromatic N) is 2. The van der Waals surface area contributed by atoms with E-state index in [0.717, 1.165) is 25.2 Å². The number of aliphatic hydroxyl groups excluding tert-OH is 1. The molecule has 37 heavy (non-hydrogen) atoms. The van der Waals surface area contributed by atoms with Gasteiger partial charge in [0.2, 0.25) is 0 Å². The van der Waals surface area contributed by atoms with Crippen LogP contribution in [-0.2, 0) is 14.3 Å². The first-order valence-electron chi connectivity index (χ1n) is 12.9. The number of carbonyl (C=O) groups excluding carboxylic acids is 2. The molecule has 2 saturated heterocycles. The molecule has 2 heterocycles. The molecule has 2 N–H and O–H groups in total. The van der Waals surface area contributed by atoms with Crippen LogP contribution in [0.2, 0.25) is 0 Å². The summed E-state index contributed by atoms with van der Waals surface area (Å²) in [6, 6.07) is 10.9. The van der Waals surface area contributed by atoms with Crippen molar-refractivity contribution in [2.45, 2.75) is 33.2 Å². The first-order chi connectivity index (χ1) is 17.8. The van der Waals surface area contributed by atoms with Crippen molar-refractivity contribution in [3.05, 3.63) is 64.7 Å². The van der Waals surface area contributed by atoms with Crippen molar-refractivity contribution in [1.29, 1.82) is 0 Å². The Bertz CT molecular complexity index is 1150. The number of aryl methyl sites for hydroxylation is 1. The lowest BCUT2D eigenvalue weighted by Crippen LogP contribution is -2.38. The maximum absolute atomic E-state index is 13.3. The van der Waals surface area contributed by atoms with E-state index in [-0.39, 0.29) is 17.1 Å². The lowest BCUT2D eigenvalue weighted by Gasteiger charge is -2.29. The highest BCUT2D eigenvalue weighted by molar-refractivity contribution is 6.46. The molecule has 2 aliphatic heterocycles. The zero-order chi connectivity index (χ0) is 26.5. The van der Waals surface area contributed by atoms with E-state index in [4.69, 9.17) is 9.47 Å². The number of ether oxygens (including phenoxy) is 2. The van der Waals surface area contributed by atoms with Crippen LogP contribution < -0.4 is 4.74 Å². The van der Waals surface area contributed by atoms with Gasteiger partial charge in [-0.15, -0.1) is 0 Å². The molecule has 0 radical (unpaired) electrons. The van der Waals surface area contributed by atoms with Crippen LogP contribution in [0.4, 0.5) is 0 Å². The Labute approximate surface area is 218 Å². The summed E-state index contributed by atoms with van der Waals surface area (Å²) < 4.78 is 11.3. The normalized spacial score (nSPS) is 20.1. The van der Waals surface area contributed by atoms with Crippen LogP contribution in [0, 0.1) is 12.8 Å². The van der Waals surface area contributed by atoms with E-state index in [0.29, 0.717) is 55.6 Å². The van der Waals surface area contributed by atoms with Crippen molar-refractivity contribution in [3.63, 3.8) is 0 Å². The van der Waals surface area contributed by atoms with E-state index in [1.165, 1.54) is 17.0 Å². The predicted octanol–water partition coefficient (Wildman–Crippen LogP) is 3.88. The van der Waals surface area contributed by atoms with E-state index in [2.05, 4.69) is 18.7 Å². The van der Waals surface area contributed by atoms with Crippen LogP contribution in [0.25, 0.3) is 5.76 Å². The second-order valence-corrected chi connectivity index (χ2v) is 10.1. The minimum atomic E-state index is -0.748. The third kappa shape index (κ3) is 6.14. The fraction of sp³-hybridized carbons (Fsp3) is 0.448. The summed E-state index contributed by atoms with van der Waals surface area (Å²) in [6.07, 6.45) is 0.683. The highest BCUT2D eigenvalue weighted by Gasteiger charge is 2.45. The van der Waals surface area contributed by atoms with Gasteiger partial charge in [0, 0.05) is 31.7 Å². The topological polar surface area (TPSA) is 99.5 Å². The third-order valence-corrected chi connectivity index (χ3v) is 6.75. The van der Waals surface area contributed by atoms with Crippen LogP contribution in [0.5, 0.6) is 11.5 Å². The molecule has 8 heteroatoms. The number of aromatic hydroxyl groups is 1. The van der Waals surface area contributed by atoms with Gasteiger partial charge in [0.15, 0.2) is 0 Å². The number of hydrogen-bond donors (Lipinski definition) is 2. The number of morpholine rings is 1. The number of phenolic OH excluding ortho intramolecular Hbond substituents is 1. The first kappa shape index (κ1) is 26.7. The van der Waals surface area contributed by atoms with Crippen molar-refractivity contribution >= 4 is 17.4 Å². The molecule has 2 fully saturated rings. The molecule has 4 rings (SSSR count). The Morgan fingerprint density at radius 3 is 2.43 bits per heavy atom. The Balaban J connectivity index is 1.65. The number of hydrogen-bond acceptors (Lipinski definition) is 7. The molecule has 0 bridgehead atoms. The Morgan fingerprint density at radius 2 is 1.78 bits per heavy atom. The minimum Gasteiger partial charge on any atom is -0.508 e. The van der Waals surface area contributed by atoms with Crippen LogP contribution in [-0.4, -0.2) is 77.7 Å². The van der Waals surface area contributed by atoms with Gasteiger partial charge in [-0.3, -0.25) is 14.5 Å². The van der Waals surface area contributed by atoms with E-state index in [9.17, 15) is 19.8 Å². The minimum absolute atomic E-state index is 0.0531. The molecular weight excluding hydrogens is 472 g/mol. The number of benzene rings is 2. The van der Waals surface area contributed by atoms with E-state index in [1.54, 1.807) is 30.3 Å². The SMILES string of the molecule is Cc1cc(C(O)=C2C(=O)C(=O)N(CCCN3CCOCC3)C2c2ccc(O)cc2)ccc1OCC(C)C. The van der Waals surface area contributed by atoms with Gasteiger partial charge in [-0.05, 0) is 60.7 Å². The molecular formula is C29H36N2O6. The van der Waals surface area contributed by atoms with Crippen LogP contribution in [0.1, 0.15) is 43.0 Å². The molecule has 2 aromatic rings. The second-order valence-electron chi connectivity index (χ2n) is 10.1. The summed E-state index contributed by atoms with van der Waals surface area (Å²) in [5, 5.41) is 21.1. The fourth-order valence-corrected chi connectivity index (χ4v) is 4.77.